The zero-order valence-corrected chi connectivity index (χ0v) is 13.2. The summed E-state index contributed by atoms with van der Waals surface area (Å²) in [6.07, 6.45) is 1.98. The van der Waals surface area contributed by atoms with Crippen LogP contribution in [-0.4, -0.2) is 60.0 Å². The SMILES string of the molecule is Cc1nc(C2CN(C)CCN2C)nc(C)c1CCCN. The lowest BCUT2D eigenvalue weighted by atomic mass is 10.1. The molecule has 1 unspecified atom stereocenters. The molecule has 1 aliphatic rings. The summed E-state index contributed by atoms with van der Waals surface area (Å²) in [5, 5.41) is 0. The Balaban J connectivity index is 2.24. The van der Waals surface area contributed by atoms with Crippen LogP contribution in [-0.2, 0) is 6.42 Å². The summed E-state index contributed by atoms with van der Waals surface area (Å²) in [6, 6.07) is 0.301. The van der Waals surface area contributed by atoms with E-state index in [0.717, 1.165) is 56.2 Å². The van der Waals surface area contributed by atoms with E-state index in [-0.39, 0.29) is 0 Å². The Morgan fingerprint density at radius 2 is 1.80 bits per heavy atom. The third-order valence-electron chi connectivity index (χ3n) is 4.22. The second kappa shape index (κ2) is 6.61. The third-order valence-corrected chi connectivity index (χ3v) is 4.22. The third kappa shape index (κ3) is 3.34. The lowest BCUT2D eigenvalue weighted by molar-refractivity contribution is 0.109. The molecule has 0 spiro atoms. The monoisotopic (exact) mass is 277 g/mol. The number of rotatable bonds is 4. The highest BCUT2D eigenvalue weighted by Crippen LogP contribution is 2.22. The van der Waals surface area contributed by atoms with Gasteiger partial charge in [-0.1, -0.05) is 0 Å². The average molecular weight is 277 g/mol. The highest BCUT2D eigenvalue weighted by molar-refractivity contribution is 5.25. The van der Waals surface area contributed by atoms with Gasteiger partial charge in [0.1, 0.15) is 5.82 Å². The summed E-state index contributed by atoms with van der Waals surface area (Å²) in [5.74, 6) is 0.963. The van der Waals surface area contributed by atoms with Crippen molar-refractivity contribution in [2.24, 2.45) is 5.73 Å². The zero-order chi connectivity index (χ0) is 14.7. The van der Waals surface area contributed by atoms with Gasteiger partial charge in [-0.25, -0.2) is 9.97 Å². The lowest BCUT2D eigenvalue weighted by Crippen LogP contribution is -2.45. The van der Waals surface area contributed by atoms with Crippen molar-refractivity contribution in [3.63, 3.8) is 0 Å². The van der Waals surface area contributed by atoms with Crippen molar-refractivity contribution in [3.8, 4) is 0 Å². The van der Waals surface area contributed by atoms with Gasteiger partial charge in [0.15, 0.2) is 0 Å². The predicted molar refractivity (Wildman–Crippen MR) is 81.7 cm³/mol. The van der Waals surface area contributed by atoms with Gasteiger partial charge in [0.2, 0.25) is 0 Å². The molecule has 2 rings (SSSR count). The molecule has 1 aromatic heterocycles. The first-order valence-electron chi connectivity index (χ1n) is 7.45. The molecule has 5 nitrogen and oxygen atoms in total. The standard InChI is InChI=1S/C15H27N5/c1-11-13(6-5-7-16)12(2)18-15(17-11)14-10-19(3)8-9-20(14)4/h14H,5-10,16H2,1-4H3. The van der Waals surface area contributed by atoms with E-state index in [0.29, 0.717) is 6.04 Å². The summed E-state index contributed by atoms with van der Waals surface area (Å²) >= 11 is 0. The van der Waals surface area contributed by atoms with Gasteiger partial charge >= 0.3 is 0 Å². The quantitative estimate of drug-likeness (QED) is 0.886. The van der Waals surface area contributed by atoms with E-state index in [1.54, 1.807) is 0 Å². The molecule has 1 atom stereocenters. The molecule has 5 heteroatoms. The number of nitrogens with two attached hydrogens (primary N) is 1. The molecule has 1 saturated heterocycles. The van der Waals surface area contributed by atoms with Gasteiger partial charge in [0.05, 0.1) is 6.04 Å². The van der Waals surface area contributed by atoms with Gasteiger partial charge < -0.3 is 10.6 Å². The van der Waals surface area contributed by atoms with Crippen LogP contribution in [0.15, 0.2) is 0 Å². The highest BCUT2D eigenvalue weighted by Gasteiger charge is 2.26. The van der Waals surface area contributed by atoms with Crippen molar-refractivity contribution in [2.45, 2.75) is 32.7 Å². The largest absolute Gasteiger partial charge is 0.330 e. The summed E-state index contributed by atoms with van der Waals surface area (Å²) in [4.78, 5) is 14.3. The maximum absolute atomic E-state index is 5.60. The molecule has 0 radical (unpaired) electrons. The summed E-state index contributed by atoms with van der Waals surface area (Å²) in [7, 11) is 4.32. The van der Waals surface area contributed by atoms with Crippen LogP contribution >= 0.6 is 0 Å². The maximum atomic E-state index is 5.60. The Morgan fingerprint density at radius 3 is 2.40 bits per heavy atom. The Bertz CT molecular complexity index is 437. The number of hydrogen-bond donors (Lipinski definition) is 1. The molecule has 1 fully saturated rings. The van der Waals surface area contributed by atoms with Crippen molar-refractivity contribution >= 4 is 0 Å². The average Bonchev–Trinajstić information content (AvgIpc) is 2.40. The van der Waals surface area contributed by atoms with E-state index in [4.69, 9.17) is 15.7 Å². The van der Waals surface area contributed by atoms with Crippen LogP contribution in [0.3, 0.4) is 0 Å². The van der Waals surface area contributed by atoms with Crippen molar-refractivity contribution in [2.75, 3.05) is 40.3 Å². The van der Waals surface area contributed by atoms with Crippen LogP contribution in [0.2, 0.25) is 0 Å². The number of likely N-dealkylation sites (N-methyl/N-ethyl adjacent to an activating group) is 2. The first-order valence-corrected chi connectivity index (χ1v) is 7.45. The van der Waals surface area contributed by atoms with Crippen LogP contribution in [0.25, 0.3) is 0 Å². The summed E-state index contributed by atoms with van der Waals surface area (Å²) in [6.45, 7) is 8.08. The van der Waals surface area contributed by atoms with Gasteiger partial charge in [0, 0.05) is 31.0 Å². The van der Waals surface area contributed by atoms with E-state index < -0.39 is 0 Å². The van der Waals surface area contributed by atoms with E-state index in [1.165, 1.54) is 5.56 Å². The van der Waals surface area contributed by atoms with Crippen molar-refractivity contribution in [1.82, 2.24) is 19.8 Å². The van der Waals surface area contributed by atoms with Gasteiger partial charge in [0.25, 0.3) is 0 Å². The van der Waals surface area contributed by atoms with Crippen molar-refractivity contribution < 1.29 is 0 Å². The molecule has 0 saturated carbocycles. The van der Waals surface area contributed by atoms with Crippen molar-refractivity contribution in [1.29, 1.82) is 0 Å². The van der Waals surface area contributed by atoms with E-state index in [9.17, 15) is 0 Å². The van der Waals surface area contributed by atoms with E-state index in [2.05, 4.69) is 37.7 Å². The Kier molecular flexibility index (Phi) is 5.07. The molecule has 0 aliphatic carbocycles. The van der Waals surface area contributed by atoms with Gasteiger partial charge in [-0.3, -0.25) is 4.90 Å². The van der Waals surface area contributed by atoms with Gasteiger partial charge in [-0.05, 0) is 52.9 Å². The van der Waals surface area contributed by atoms with E-state index in [1.807, 2.05) is 0 Å². The Labute approximate surface area is 122 Å². The van der Waals surface area contributed by atoms with Crippen LogP contribution in [0.4, 0.5) is 0 Å². The lowest BCUT2D eigenvalue weighted by Gasteiger charge is -2.37. The molecule has 1 aliphatic heterocycles. The minimum Gasteiger partial charge on any atom is -0.330 e. The minimum atomic E-state index is 0.301. The fourth-order valence-corrected chi connectivity index (χ4v) is 2.84. The van der Waals surface area contributed by atoms with Gasteiger partial charge in [-0.2, -0.15) is 0 Å². The smallest absolute Gasteiger partial charge is 0.147 e. The molecule has 0 aromatic carbocycles. The first kappa shape index (κ1) is 15.4. The van der Waals surface area contributed by atoms with Crippen LogP contribution in [0.5, 0.6) is 0 Å². The zero-order valence-electron chi connectivity index (χ0n) is 13.2. The number of aryl methyl sites for hydroxylation is 2. The Morgan fingerprint density at radius 1 is 1.15 bits per heavy atom. The predicted octanol–water partition coefficient (Wildman–Crippen LogP) is 0.903. The van der Waals surface area contributed by atoms with Crippen LogP contribution in [0, 0.1) is 13.8 Å². The molecular weight excluding hydrogens is 250 g/mol. The molecule has 2 N–H and O–H groups in total. The molecule has 112 valence electrons. The molecular formula is C15H27N5. The number of nitrogens with zero attached hydrogens (tertiary/aromatic N) is 4. The van der Waals surface area contributed by atoms with Gasteiger partial charge in [-0.15, -0.1) is 0 Å². The fraction of sp³-hybridized carbons (Fsp3) is 0.733. The first-order chi connectivity index (χ1) is 9.52. The maximum Gasteiger partial charge on any atom is 0.147 e. The molecule has 0 amide bonds. The molecule has 0 bridgehead atoms. The number of piperazine rings is 1. The normalized spacial score (nSPS) is 21.4. The van der Waals surface area contributed by atoms with Crippen LogP contribution in [0.1, 0.15) is 35.2 Å². The minimum absolute atomic E-state index is 0.301. The van der Waals surface area contributed by atoms with Crippen LogP contribution < -0.4 is 5.73 Å². The summed E-state index contributed by atoms with van der Waals surface area (Å²) in [5.41, 5.74) is 9.10. The molecule has 1 aromatic rings. The second-order valence-electron chi connectivity index (χ2n) is 5.88. The van der Waals surface area contributed by atoms with E-state index >= 15 is 0 Å². The fourth-order valence-electron chi connectivity index (χ4n) is 2.84. The highest BCUT2D eigenvalue weighted by atomic mass is 15.3. The number of hydrogen-bond acceptors (Lipinski definition) is 5. The van der Waals surface area contributed by atoms with Crippen molar-refractivity contribution in [3.05, 3.63) is 22.8 Å². The molecule has 2 heterocycles. The molecule has 20 heavy (non-hydrogen) atoms. The Hall–Kier alpha value is -1.04. The topological polar surface area (TPSA) is 58.3 Å². The number of aromatic nitrogens is 2. The second-order valence-corrected chi connectivity index (χ2v) is 5.88. The summed E-state index contributed by atoms with van der Waals surface area (Å²) < 4.78 is 0.